The summed E-state index contributed by atoms with van der Waals surface area (Å²) in [4.78, 5) is 5.81. The van der Waals surface area contributed by atoms with Crippen molar-refractivity contribution in [3.63, 3.8) is 0 Å². The van der Waals surface area contributed by atoms with E-state index in [1.807, 2.05) is 31.2 Å². The molecule has 0 aliphatic carbocycles. The van der Waals surface area contributed by atoms with Crippen LogP contribution in [0.1, 0.15) is 23.5 Å². The number of thiophene rings is 1. The van der Waals surface area contributed by atoms with Crippen molar-refractivity contribution in [3.8, 4) is 5.75 Å². The number of methoxy groups -OCH3 is 1. The third-order valence-corrected chi connectivity index (χ3v) is 4.43. The summed E-state index contributed by atoms with van der Waals surface area (Å²) >= 11 is 1.75. The zero-order chi connectivity index (χ0) is 17.2. The Morgan fingerprint density at radius 2 is 2.17 bits per heavy atom. The minimum Gasteiger partial charge on any atom is -0.497 e. The monoisotopic (exact) mass is 347 g/mol. The number of aliphatic imine (C=N–C) groups is 1. The van der Waals surface area contributed by atoms with Crippen LogP contribution in [0.4, 0.5) is 0 Å². The van der Waals surface area contributed by atoms with E-state index in [-0.39, 0.29) is 0 Å². The fourth-order valence-electron chi connectivity index (χ4n) is 2.23. The molecule has 0 bridgehead atoms. The fraction of sp³-hybridized carbons (Fsp3) is 0.389. The third kappa shape index (κ3) is 5.86. The first kappa shape index (κ1) is 18.3. The zero-order valence-corrected chi connectivity index (χ0v) is 15.0. The van der Waals surface area contributed by atoms with Gasteiger partial charge in [0.15, 0.2) is 5.96 Å². The molecule has 2 aromatic rings. The molecule has 1 heterocycles. The lowest BCUT2D eigenvalue weighted by molar-refractivity contribution is 0.186. The standard InChI is InChI=1S/C18H25N3O2S/c1-3-19-18(20-10-9-16-8-5-11-24-16)21-13-17(22)14-6-4-7-15(12-14)23-2/h4-8,11-12,17,22H,3,9-10,13H2,1-2H3,(H2,19,20,21). The number of aliphatic hydroxyl groups excluding tert-OH is 1. The lowest BCUT2D eigenvalue weighted by Crippen LogP contribution is -2.38. The van der Waals surface area contributed by atoms with Gasteiger partial charge in [-0.15, -0.1) is 11.3 Å². The van der Waals surface area contributed by atoms with Crippen LogP contribution < -0.4 is 15.4 Å². The summed E-state index contributed by atoms with van der Waals surface area (Å²) in [6.45, 7) is 3.90. The first-order valence-corrected chi connectivity index (χ1v) is 8.97. The second-order valence-corrected chi connectivity index (χ2v) is 6.30. The highest BCUT2D eigenvalue weighted by molar-refractivity contribution is 7.09. The molecule has 5 nitrogen and oxygen atoms in total. The van der Waals surface area contributed by atoms with Gasteiger partial charge in [-0.25, -0.2) is 0 Å². The van der Waals surface area contributed by atoms with Crippen LogP contribution in [0.2, 0.25) is 0 Å². The van der Waals surface area contributed by atoms with Crippen molar-refractivity contribution in [2.24, 2.45) is 4.99 Å². The van der Waals surface area contributed by atoms with Gasteiger partial charge in [0, 0.05) is 18.0 Å². The smallest absolute Gasteiger partial charge is 0.191 e. The van der Waals surface area contributed by atoms with Crippen LogP contribution in [0, 0.1) is 0 Å². The Labute approximate surface area is 147 Å². The summed E-state index contributed by atoms with van der Waals surface area (Å²) in [5.74, 6) is 1.45. The SMILES string of the molecule is CCNC(=NCC(O)c1cccc(OC)c1)NCCc1cccs1. The van der Waals surface area contributed by atoms with Gasteiger partial charge in [-0.2, -0.15) is 0 Å². The highest BCUT2D eigenvalue weighted by atomic mass is 32.1. The number of aliphatic hydroxyl groups is 1. The molecule has 0 saturated carbocycles. The summed E-state index contributed by atoms with van der Waals surface area (Å²) < 4.78 is 5.19. The van der Waals surface area contributed by atoms with Crippen molar-refractivity contribution in [3.05, 3.63) is 52.2 Å². The van der Waals surface area contributed by atoms with E-state index in [4.69, 9.17) is 4.74 Å². The van der Waals surface area contributed by atoms with Crippen LogP contribution in [0.25, 0.3) is 0 Å². The zero-order valence-electron chi connectivity index (χ0n) is 14.2. The van der Waals surface area contributed by atoms with E-state index in [1.54, 1.807) is 18.4 Å². The van der Waals surface area contributed by atoms with Gasteiger partial charge in [0.05, 0.1) is 19.8 Å². The summed E-state index contributed by atoms with van der Waals surface area (Å²) in [6.07, 6.45) is 0.299. The minimum absolute atomic E-state index is 0.293. The molecule has 2 rings (SSSR count). The second kappa shape index (κ2) is 9.95. The molecule has 0 aliphatic rings. The molecule has 0 spiro atoms. The molecule has 1 atom stereocenters. The molecule has 0 radical (unpaired) electrons. The molecular weight excluding hydrogens is 322 g/mol. The number of ether oxygens (including phenoxy) is 1. The Morgan fingerprint density at radius 3 is 2.88 bits per heavy atom. The van der Waals surface area contributed by atoms with E-state index in [9.17, 15) is 5.11 Å². The van der Waals surface area contributed by atoms with E-state index in [0.29, 0.717) is 6.54 Å². The Hall–Kier alpha value is -2.05. The molecular formula is C18H25N3O2S. The first-order valence-electron chi connectivity index (χ1n) is 8.09. The van der Waals surface area contributed by atoms with Gasteiger partial charge in [-0.3, -0.25) is 4.99 Å². The summed E-state index contributed by atoms with van der Waals surface area (Å²) in [5.41, 5.74) is 0.799. The predicted octanol–water partition coefficient (Wildman–Crippen LogP) is 2.59. The van der Waals surface area contributed by atoms with E-state index >= 15 is 0 Å². The summed E-state index contributed by atoms with van der Waals surface area (Å²) in [7, 11) is 1.62. The molecule has 130 valence electrons. The average molecular weight is 347 g/mol. The number of hydrogen-bond donors (Lipinski definition) is 3. The first-order chi connectivity index (χ1) is 11.7. The van der Waals surface area contributed by atoms with Gasteiger partial charge in [0.2, 0.25) is 0 Å². The lowest BCUT2D eigenvalue weighted by Gasteiger charge is -2.13. The van der Waals surface area contributed by atoms with Crippen molar-refractivity contribution < 1.29 is 9.84 Å². The van der Waals surface area contributed by atoms with E-state index < -0.39 is 6.10 Å². The molecule has 0 amide bonds. The van der Waals surface area contributed by atoms with Gasteiger partial charge in [0.1, 0.15) is 5.75 Å². The molecule has 3 N–H and O–H groups in total. The molecule has 6 heteroatoms. The van der Waals surface area contributed by atoms with Crippen LogP contribution in [0.15, 0.2) is 46.8 Å². The molecule has 1 aromatic heterocycles. The lowest BCUT2D eigenvalue weighted by atomic mass is 10.1. The van der Waals surface area contributed by atoms with Gasteiger partial charge < -0.3 is 20.5 Å². The van der Waals surface area contributed by atoms with Crippen molar-refractivity contribution in [1.82, 2.24) is 10.6 Å². The van der Waals surface area contributed by atoms with Crippen molar-refractivity contribution in [2.75, 3.05) is 26.7 Å². The number of rotatable bonds is 8. The molecule has 1 unspecified atom stereocenters. The average Bonchev–Trinajstić information content (AvgIpc) is 3.13. The van der Waals surface area contributed by atoms with Crippen LogP contribution in [0.5, 0.6) is 5.75 Å². The number of guanidine groups is 1. The van der Waals surface area contributed by atoms with Crippen LogP contribution >= 0.6 is 11.3 Å². The molecule has 1 aromatic carbocycles. The molecule has 0 saturated heterocycles. The summed E-state index contributed by atoms with van der Waals surface area (Å²) in [5, 5.41) is 18.9. The Balaban J connectivity index is 1.88. The number of benzene rings is 1. The van der Waals surface area contributed by atoms with Crippen molar-refractivity contribution >= 4 is 17.3 Å². The molecule has 0 aliphatic heterocycles. The Kier molecular flexibility index (Phi) is 7.58. The largest absolute Gasteiger partial charge is 0.497 e. The molecule has 24 heavy (non-hydrogen) atoms. The van der Waals surface area contributed by atoms with Gasteiger partial charge in [-0.05, 0) is 42.5 Å². The van der Waals surface area contributed by atoms with Crippen LogP contribution in [0.3, 0.4) is 0 Å². The van der Waals surface area contributed by atoms with Gasteiger partial charge in [0.25, 0.3) is 0 Å². The summed E-state index contributed by atoms with van der Waals surface area (Å²) in [6, 6.07) is 11.6. The highest BCUT2D eigenvalue weighted by Gasteiger charge is 2.08. The van der Waals surface area contributed by atoms with Gasteiger partial charge >= 0.3 is 0 Å². The van der Waals surface area contributed by atoms with Crippen LogP contribution in [-0.4, -0.2) is 37.8 Å². The maximum atomic E-state index is 10.3. The Morgan fingerprint density at radius 1 is 1.29 bits per heavy atom. The fourth-order valence-corrected chi connectivity index (χ4v) is 2.94. The molecule has 0 fully saturated rings. The van der Waals surface area contributed by atoms with E-state index in [1.165, 1.54) is 4.88 Å². The number of hydrogen-bond acceptors (Lipinski definition) is 4. The number of nitrogens with zero attached hydrogens (tertiary/aromatic N) is 1. The predicted molar refractivity (Wildman–Crippen MR) is 100.0 cm³/mol. The topological polar surface area (TPSA) is 65.9 Å². The quantitative estimate of drug-likeness (QED) is 0.507. The van der Waals surface area contributed by atoms with Crippen molar-refractivity contribution in [1.29, 1.82) is 0 Å². The van der Waals surface area contributed by atoms with Crippen LogP contribution in [-0.2, 0) is 6.42 Å². The third-order valence-electron chi connectivity index (χ3n) is 3.49. The van der Waals surface area contributed by atoms with Crippen molar-refractivity contribution in [2.45, 2.75) is 19.4 Å². The van der Waals surface area contributed by atoms with E-state index in [2.05, 4.69) is 33.1 Å². The second-order valence-electron chi connectivity index (χ2n) is 5.27. The normalized spacial score (nSPS) is 12.7. The Bertz CT molecular complexity index is 629. The van der Waals surface area contributed by atoms with Gasteiger partial charge in [-0.1, -0.05) is 18.2 Å². The van der Waals surface area contributed by atoms with E-state index in [0.717, 1.165) is 36.8 Å². The maximum Gasteiger partial charge on any atom is 0.191 e. The maximum absolute atomic E-state index is 10.3. The highest BCUT2D eigenvalue weighted by Crippen LogP contribution is 2.19. The minimum atomic E-state index is -0.659. The number of nitrogens with one attached hydrogen (secondary N) is 2.